The summed E-state index contributed by atoms with van der Waals surface area (Å²) in [5.41, 5.74) is 15.6. The van der Waals surface area contributed by atoms with E-state index in [1.807, 2.05) is 20.0 Å². The SMILES string of the molecule is [2H]C(C)(C)c1c[n+](C)c(-c2c(C)c3c(c4c2Cc2ccccc2-4)-c2ccccc2C3)cc1C([2H])([2H])CC(C)(C)C. The van der Waals surface area contributed by atoms with E-state index < -0.39 is 12.3 Å². The molecule has 0 amide bonds. The Hall–Kier alpha value is -3.19. The van der Waals surface area contributed by atoms with Crippen molar-refractivity contribution in [3.05, 3.63) is 99.7 Å². The molecule has 0 atom stereocenters. The lowest BCUT2D eigenvalue weighted by Crippen LogP contribution is -2.33. The first-order valence-corrected chi connectivity index (χ1v) is 13.6. The van der Waals surface area contributed by atoms with Gasteiger partial charge in [-0.15, -0.1) is 0 Å². The molecule has 3 aromatic carbocycles. The summed E-state index contributed by atoms with van der Waals surface area (Å²) in [6.45, 7) is 12.3. The van der Waals surface area contributed by atoms with Gasteiger partial charge in [-0.05, 0) is 99.5 Å². The monoisotopic (exact) mass is 489 g/mol. The van der Waals surface area contributed by atoms with E-state index in [0.717, 1.165) is 24.1 Å². The molecule has 2 aliphatic rings. The number of pyridine rings is 1. The van der Waals surface area contributed by atoms with Crippen LogP contribution >= 0.6 is 0 Å². The van der Waals surface area contributed by atoms with Crippen LogP contribution in [0.5, 0.6) is 0 Å². The molecular weight excluding hydrogens is 446 g/mol. The molecule has 1 heteroatoms. The Bertz CT molecular complexity index is 1680. The van der Waals surface area contributed by atoms with Gasteiger partial charge in [0.1, 0.15) is 7.05 Å². The molecule has 1 heterocycles. The van der Waals surface area contributed by atoms with Crippen LogP contribution in [0, 0.1) is 12.3 Å². The largest absolute Gasteiger partial charge is 0.213 e. The van der Waals surface area contributed by atoms with Gasteiger partial charge in [-0.2, -0.15) is 0 Å². The van der Waals surface area contributed by atoms with Crippen molar-refractivity contribution >= 4 is 0 Å². The lowest BCUT2D eigenvalue weighted by atomic mass is 9.83. The van der Waals surface area contributed by atoms with E-state index in [9.17, 15) is 2.74 Å². The first-order valence-electron chi connectivity index (χ1n) is 15.1. The molecule has 0 radical (unpaired) electrons. The van der Waals surface area contributed by atoms with Crippen LogP contribution in [-0.2, 0) is 26.3 Å². The Balaban J connectivity index is 1.68. The normalized spacial score (nSPS) is 15.4. The summed E-state index contributed by atoms with van der Waals surface area (Å²) in [5.74, 6) is -0.927. The van der Waals surface area contributed by atoms with Gasteiger partial charge < -0.3 is 0 Å². The molecule has 188 valence electrons. The van der Waals surface area contributed by atoms with Crippen LogP contribution in [-0.4, -0.2) is 0 Å². The van der Waals surface area contributed by atoms with E-state index in [1.165, 1.54) is 55.6 Å². The van der Waals surface area contributed by atoms with Crippen molar-refractivity contribution in [3.8, 4) is 33.5 Å². The maximum absolute atomic E-state index is 9.27. The number of hydrogen-bond acceptors (Lipinski definition) is 0. The highest BCUT2D eigenvalue weighted by Crippen LogP contribution is 2.53. The number of hydrogen-bond donors (Lipinski definition) is 0. The molecule has 37 heavy (non-hydrogen) atoms. The summed E-state index contributed by atoms with van der Waals surface area (Å²) >= 11 is 0. The van der Waals surface area contributed by atoms with Crippen molar-refractivity contribution < 1.29 is 8.68 Å². The maximum atomic E-state index is 9.27. The Morgan fingerprint density at radius 1 is 0.892 bits per heavy atom. The van der Waals surface area contributed by atoms with Gasteiger partial charge in [-0.3, -0.25) is 0 Å². The first kappa shape index (κ1) is 20.8. The molecule has 0 spiro atoms. The Kier molecular flexibility index (Phi) is 4.89. The molecule has 0 saturated heterocycles. The van der Waals surface area contributed by atoms with Crippen LogP contribution in [0.2, 0.25) is 0 Å². The summed E-state index contributed by atoms with van der Waals surface area (Å²) in [5, 5.41) is 0. The van der Waals surface area contributed by atoms with E-state index in [1.54, 1.807) is 0 Å². The predicted octanol–water partition coefficient (Wildman–Crippen LogP) is 8.73. The third-order valence-electron chi connectivity index (χ3n) is 8.17. The number of nitrogens with zero attached hydrogens (tertiary/aromatic N) is 1. The highest BCUT2D eigenvalue weighted by Gasteiger charge is 2.35. The highest BCUT2D eigenvalue weighted by molar-refractivity contribution is 6.00. The van der Waals surface area contributed by atoms with Crippen LogP contribution in [0.25, 0.3) is 33.5 Å². The standard InChI is InChI=1S/C36H40N/c1-22(2)31-21-37(7)32(20-26(31)16-17-36(4,5)6)33-23(3)29-18-24-12-8-10-14-27(24)34(29)35-28-15-11-9-13-25(28)19-30(33)35/h8-15,20-22H,16-19H2,1-7H3/q+1/i16D2,22D. The van der Waals surface area contributed by atoms with E-state index in [-0.39, 0.29) is 5.41 Å². The minimum absolute atomic E-state index is 0.191. The number of benzene rings is 3. The van der Waals surface area contributed by atoms with Crippen molar-refractivity contribution in [2.24, 2.45) is 12.5 Å². The summed E-state index contributed by atoms with van der Waals surface area (Å²) < 4.78 is 29.6. The average molecular weight is 490 g/mol. The topological polar surface area (TPSA) is 3.88 Å². The van der Waals surface area contributed by atoms with Crippen molar-refractivity contribution in [3.63, 3.8) is 0 Å². The second-order valence-electron chi connectivity index (χ2n) is 12.4. The number of aryl methyl sites for hydroxylation is 2. The van der Waals surface area contributed by atoms with Gasteiger partial charge >= 0.3 is 0 Å². The number of fused-ring (bicyclic) bond motifs is 7. The predicted molar refractivity (Wildman–Crippen MR) is 156 cm³/mol. The average Bonchev–Trinajstić information content (AvgIpc) is 3.41. The molecular formula is C36H40N+. The highest BCUT2D eigenvalue weighted by atomic mass is 14.9. The first-order chi connectivity index (χ1) is 18.7. The molecule has 6 rings (SSSR count). The fourth-order valence-electron chi connectivity index (χ4n) is 6.35. The lowest BCUT2D eigenvalue weighted by Gasteiger charge is -2.21. The Morgan fingerprint density at radius 3 is 2.05 bits per heavy atom. The molecule has 2 aliphatic carbocycles. The second-order valence-corrected chi connectivity index (χ2v) is 12.4. The minimum atomic E-state index is -1.57. The molecule has 4 aromatic rings. The van der Waals surface area contributed by atoms with Gasteiger partial charge in [0.05, 0.1) is 5.56 Å². The molecule has 1 aromatic heterocycles. The Labute approximate surface area is 227 Å². The molecule has 0 aliphatic heterocycles. The second kappa shape index (κ2) is 8.69. The number of aromatic nitrogens is 1. The van der Waals surface area contributed by atoms with Gasteiger partial charge in [0.25, 0.3) is 0 Å². The van der Waals surface area contributed by atoms with Gasteiger partial charge in [0.15, 0.2) is 6.20 Å². The summed E-state index contributed by atoms with van der Waals surface area (Å²) in [4.78, 5) is 0. The van der Waals surface area contributed by atoms with Crippen molar-refractivity contribution in [2.45, 2.75) is 73.1 Å². The quantitative estimate of drug-likeness (QED) is 0.218. The molecule has 0 fully saturated rings. The smallest absolute Gasteiger partial charge is 0.201 e. The van der Waals surface area contributed by atoms with Crippen molar-refractivity contribution in [2.75, 3.05) is 0 Å². The third kappa shape index (κ3) is 3.95. The van der Waals surface area contributed by atoms with Crippen molar-refractivity contribution in [1.29, 1.82) is 0 Å². The Morgan fingerprint density at radius 2 is 1.46 bits per heavy atom. The van der Waals surface area contributed by atoms with Crippen LogP contribution in [0.15, 0.2) is 60.8 Å². The van der Waals surface area contributed by atoms with Crippen molar-refractivity contribution in [1.82, 2.24) is 0 Å². The molecule has 0 bridgehead atoms. The zero-order valence-corrected chi connectivity index (χ0v) is 23.3. The van der Waals surface area contributed by atoms with Gasteiger partial charge in [-0.25, -0.2) is 4.57 Å². The van der Waals surface area contributed by atoms with E-state index in [4.69, 9.17) is 1.37 Å². The molecule has 0 unspecified atom stereocenters. The van der Waals surface area contributed by atoms with Crippen LogP contribution in [0.4, 0.5) is 0 Å². The summed E-state index contributed by atoms with van der Waals surface area (Å²) in [7, 11) is 2.06. The third-order valence-corrected chi connectivity index (χ3v) is 8.17. The zero-order valence-electron chi connectivity index (χ0n) is 26.3. The van der Waals surface area contributed by atoms with E-state index in [0.29, 0.717) is 12.0 Å². The minimum Gasteiger partial charge on any atom is -0.201 e. The zero-order chi connectivity index (χ0) is 28.8. The number of rotatable bonds is 4. The fourth-order valence-corrected chi connectivity index (χ4v) is 6.35. The van der Waals surface area contributed by atoms with Crippen LogP contribution < -0.4 is 4.57 Å². The van der Waals surface area contributed by atoms with E-state index in [2.05, 4.69) is 93.9 Å². The lowest BCUT2D eigenvalue weighted by molar-refractivity contribution is -0.661. The van der Waals surface area contributed by atoms with Crippen LogP contribution in [0.1, 0.15) is 90.0 Å². The maximum Gasteiger partial charge on any atom is 0.213 e. The molecule has 0 N–H and O–H groups in total. The van der Waals surface area contributed by atoms with E-state index >= 15 is 0 Å². The van der Waals surface area contributed by atoms with Gasteiger partial charge in [0.2, 0.25) is 5.69 Å². The summed E-state index contributed by atoms with van der Waals surface area (Å²) in [6, 6.07) is 19.7. The summed E-state index contributed by atoms with van der Waals surface area (Å²) in [6.07, 6.45) is 2.63. The fraction of sp³-hybridized carbons (Fsp3) is 0.361. The van der Waals surface area contributed by atoms with Gasteiger partial charge in [0, 0.05) is 15.7 Å². The van der Waals surface area contributed by atoms with Gasteiger partial charge in [-0.1, -0.05) is 83.1 Å². The molecule has 0 saturated carbocycles. The van der Waals surface area contributed by atoms with Crippen LogP contribution in [0.3, 0.4) is 0 Å². The molecule has 1 nitrogen and oxygen atoms in total.